The Morgan fingerprint density at radius 2 is 2.20 bits per heavy atom. The van der Waals surface area contributed by atoms with Crippen LogP contribution in [0.1, 0.15) is 39.5 Å². The molecule has 0 heterocycles. The summed E-state index contributed by atoms with van der Waals surface area (Å²) in [6, 6.07) is 0. The molecule has 0 bridgehead atoms. The summed E-state index contributed by atoms with van der Waals surface area (Å²) in [5, 5.41) is 12.3. The molecule has 1 fully saturated rings. The number of carbonyl (C=O) groups is 1. The molecular formula is C11H22N2O2. The Bertz CT molecular complexity index is 219. The number of amides is 1. The van der Waals surface area contributed by atoms with Crippen molar-refractivity contribution < 1.29 is 9.90 Å². The molecular weight excluding hydrogens is 192 g/mol. The number of carbonyl (C=O) groups excluding carboxylic acids is 1. The van der Waals surface area contributed by atoms with Gasteiger partial charge in [0.2, 0.25) is 5.91 Å². The summed E-state index contributed by atoms with van der Waals surface area (Å²) in [5.41, 5.74) is 5.47. The monoisotopic (exact) mass is 214 g/mol. The number of nitrogens with one attached hydrogen (secondary N) is 1. The van der Waals surface area contributed by atoms with Crippen LogP contribution in [0.2, 0.25) is 0 Å². The molecule has 1 unspecified atom stereocenters. The van der Waals surface area contributed by atoms with Gasteiger partial charge in [-0.15, -0.1) is 0 Å². The van der Waals surface area contributed by atoms with Crippen LogP contribution in [0.5, 0.6) is 0 Å². The van der Waals surface area contributed by atoms with Crippen LogP contribution in [0, 0.1) is 5.92 Å². The van der Waals surface area contributed by atoms with Gasteiger partial charge in [0, 0.05) is 18.5 Å². The molecule has 1 saturated carbocycles. The van der Waals surface area contributed by atoms with E-state index in [0.717, 1.165) is 12.8 Å². The normalized spacial score (nSPS) is 18.7. The first-order valence-electron chi connectivity index (χ1n) is 5.62. The quantitative estimate of drug-likeness (QED) is 0.599. The summed E-state index contributed by atoms with van der Waals surface area (Å²) in [4.78, 5) is 11.4. The first kappa shape index (κ1) is 12.5. The molecule has 0 radical (unpaired) electrons. The molecule has 4 heteroatoms. The highest BCUT2D eigenvalue weighted by Gasteiger charge is 2.29. The third kappa shape index (κ3) is 5.74. The van der Waals surface area contributed by atoms with E-state index in [1.807, 2.05) is 13.8 Å². The molecule has 0 aromatic rings. The van der Waals surface area contributed by atoms with Gasteiger partial charge in [-0.1, -0.05) is 0 Å². The lowest BCUT2D eigenvalue weighted by Crippen LogP contribution is -2.36. The van der Waals surface area contributed by atoms with Gasteiger partial charge in [-0.3, -0.25) is 4.79 Å². The van der Waals surface area contributed by atoms with Crippen molar-refractivity contribution in [1.29, 1.82) is 0 Å². The van der Waals surface area contributed by atoms with Crippen molar-refractivity contribution in [2.75, 3.05) is 6.54 Å². The second-order valence-corrected chi connectivity index (χ2v) is 5.20. The van der Waals surface area contributed by atoms with Crippen molar-refractivity contribution in [3.8, 4) is 0 Å². The average Bonchev–Trinajstić information content (AvgIpc) is 2.92. The Morgan fingerprint density at radius 3 is 2.67 bits per heavy atom. The fourth-order valence-electron chi connectivity index (χ4n) is 1.39. The molecule has 0 aliphatic heterocycles. The van der Waals surface area contributed by atoms with Crippen molar-refractivity contribution in [1.82, 2.24) is 5.32 Å². The fraction of sp³-hybridized carbons (Fsp3) is 0.909. The second-order valence-electron chi connectivity index (χ2n) is 5.20. The molecule has 0 spiro atoms. The van der Waals surface area contributed by atoms with E-state index in [1.54, 1.807) is 0 Å². The Balaban J connectivity index is 2.07. The summed E-state index contributed by atoms with van der Waals surface area (Å²) >= 11 is 0. The molecule has 1 atom stereocenters. The maximum atomic E-state index is 11.4. The predicted molar refractivity (Wildman–Crippen MR) is 59.2 cm³/mol. The second kappa shape index (κ2) is 4.94. The highest BCUT2D eigenvalue weighted by Crippen LogP contribution is 2.32. The molecule has 0 saturated heterocycles. The van der Waals surface area contributed by atoms with Gasteiger partial charge in [0.15, 0.2) is 0 Å². The standard InChI is InChI=1S/C11H22N2O2/c1-11(2,12)6-5-10(15)13-7-9(14)8-3-4-8/h8-9,14H,3-7,12H2,1-2H3,(H,13,15). The number of rotatable bonds is 6. The van der Waals surface area contributed by atoms with Crippen LogP contribution in [-0.4, -0.2) is 29.2 Å². The predicted octanol–water partition coefficient (Wildman–Crippen LogP) is 0.391. The van der Waals surface area contributed by atoms with Crippen LogP contribution < -0.4 is 11.1 Å². The number of aliphatic hydroxyl groups excluding tert-OH is 1. The average molecular weight is 214 g/mol. The molecule has 1 rings (SSSR count). The van der Waals surface area contributed by atoms with Crippen molar-refractivity contribution in [2.45, 2.75) is 51.2 Å². The largest absolute Gasteiger partial charge is 0.391 e. The van der Waals surface area contributed by atoms with Crippen LogP contribution in [0.15, 0.2) is 0 Å². The zero-order valence-electron chi connectivity index (χ0n) is 9.62. The Hall–Kier alpha value is -0.610. The van der Waals surface area contributed by atoms with E-state index < -0.39 is 0 Å². The number of nitrogens with two attached hydrogens (primary N) is 1. The molecule has 4 N–H and O–H groups in total. The smallest absolute Gasteiger partial charge is 0.220 e. The van der Waals surface area contributed by atoms with Crippen LogP contribution in [0.4, 0.5) is 0 Å². The van der Waals surface area contributed by atoms with Crippen molar-refractivity contribution in [3.63, 3.8) is 0 Å². The molecule has 88 valence electrons. The van der Waals surface area contributed by atoms with Gasteiger partial charge in [0.1, 0.15) is 0 Å². The zero-order chi connectivity index (χ0) is 11.5. The van der Waals surface area contributed by atoms with Gasteiger partial charge in [-0.2, -0.15) is 0 Å². The van der Waals surface area contributed by atoms with Crippen LogP contribution in [-0.2, 0) is 4.79 Å². The van der Waals surface area contributed by atoms with Gasteiger partial charge in [0.05, 0.1) is 6.10 Å². The maximum absolute atomic E-state index is 11.4. The molecule has 1 amide bonds. The lowest BCUT2D eigenvalue weighted by atomic mass is 10.00. The van der Waals surface area contributed by atoms with E-state index in [1.165, 1.54) is 0 Å². The third-order valence-corrected chi connectivity index (χ3v) is 2.67. The Morgan fingerprint density at radius 1 is 1.60 bits per heavy atom. The van der Waals surface area contributed by atoms with Crippen molar-refractivity contribution in [3.05, 3.63) is 0 Å². The van der Waals surface area contributed by atoms with E-state index >= 15 is 0 Å². The summed E-state index contributed by atoms with van der Waals surface area (Å²) < 4.78 is 0. The summed E-state index contributed by atoms with van der Waals surface area (Å²) in [6.45, 7) is 4.19. The molecule has 0 aromatic heterocycles. The summed E-state index contributed by atoms with van der Waals surface area (Å²) in [7, 11) is 0. The topological polar surface area (TPSA) is 75.4 Å². The molecule has 1 aliphatic carbocycles. The number of hydrogen-bond acceptors (Lipinski definition) is 3. The number of hydrogen-bond donors (Lipinski definition) is 3. The van der Waals surface area contributed by atoms with E-state index in [4.69, 9.17) is 5.73 Å². The number of aliphatic hydroxyl groups is 1. The molecule has 1 aliphatic rings. The van der Waals surface area contributed by atoms with Crippen LogP contribution in [0.25, 0.3) is 0 Å². The lowest BCUT2D eigenvalue weighted by molar-refractivity contribution is -0.121. The van der Waals surface area contributed by atoms with Crippen LogP contribution >= 0.6 is 0 Å². The van der Waals surface area contributed by atoms with Gasteiger partial charge < -0.3 is 16.2 Å². The van der Waals surface area contributed by atoms with Gasteiger partial charge in [-0.05, 0) is 39.0 Å². The minimum atomic E-state index is -0.361. The first-order chi connectivity index (χ1) is 6.88. The minimum absolute atomic E-state index is 0.0202. The summed E-state index contributed by atoms with van der Waals surface area (Å²) in [6.07, 6.45) is 2.92. The highest BCUT2D eigenvalue weighted by molar-refractivity contribution is 5.75. The van der Waals surface area contributed by atoms with E-state index in [9.17, 15) is 9.90 Å². The maximum Gasteiger partial charge on any atom is 0.220 e. The van der Waals surface area contributed by atoms with E-state index in [0.29, 0.717) is 25.3 Å². The Labute approximate surface area is 91.2 Å². The van der Waals surface area contributed by atoms with E-state index in [-0.39, 0.29) is 17.6 Å². The van der Waals surface area contributed by atoms with Gasteiger partial charge >= 0.3 is 0 Å². The van der Waals surface area contributed by atoms with Crippen LogP contribution in [0.3, 0.4) is 0 Å². The fourth-order valence-corrected chi connectivity index (χ4v) is 1.39. The van der Waals surface area contributed by atoms with Crippen molar-refractivity contribution in [2.24, 2.45) is 11.7 Å². The lowest BCUT2D eigenvalue weighted by Gasteiger charge is -2.18. The molecule has 15 heavy (non-hydrogen) atoms. The van der Waals surface area contributed by atoms with E-state index in [2.05, 4.69) is 5.32 Å². The molecule has 4 nitrogen and oxygen atoms in total. The minimum Gasteiger partial charge on any atom is -0.391 e. The van der Waals surface area contributed by atoms with Crippen molar-refractivity contribution >= 4 is 5.91 Å². The SMILES string of the molecule is CC(C)(N)CCC(=O)NCC(O)C1CC1. The first-order valence-corrected chi connectivity index (χ1v) is 5.62. The third-order valence-electron chi connectivity index (χ3n) is 2.67. The molecule has 0 aromatic carbocycles. The highest BCUT2D eigenvalue weighted by atomic mass is 16.3. The summed E-state index contributed by atoms with van der Waals surface area (Å²) in [5.74, 6) is 0.393. The van der Waals surface area contributed by atoms with Gasteiger partial charge in [-0.25, -0.2) is 0 Å². The zero-order valence-corrected chi connectivity index (χ0v) is 9.62. The van der Waals surface area contributed by atoms with Gasteiger partial charge in [0.25, 0.3) is 0 Å². The Kier molecular flexibility index (Phi) is 4.11.